The molecular weight excluding hydrogens is 355 g/mol. The SMILES string of the molecule is CC(Sc1nc2c(c(=O)[nH]1)CCC2)C(=O)Nc1ccc(F)c(F)c1F. The maximum Gasteiger partial charge on any atom is 0.254 e. The van der Waals surface area contributed by atoms with E-state index in [1.165, 1.54) is 6.92 Å². The van der Waals surface area contributed by atoms with Gasteiger partial charge in [0.05, 0.1) is 16.6 Å². The molecule has 1 atom stereocenters. The van der Waals surface area contributed by atoms with E-state index in [9.17, 15) is 22.8 Å². The smallest absolute Gasteiger partial charge is 0.254 e. The average Bonchev–Trinajstić information content (AvgIpc) is 3.04. The summed E-state index contributed by atoms with van der Waals surface area (Å²) in [5.41, 5.74) is 0.729. The summed E-state index contributed by atoms with van der Waals surface area (Å²) in [6, 6.07) is 1.67. The number of thioether (sulfide) groups is 1. The standard InChI is InChI=1S/C16H14F3N3O2S/c1-7(14(23)20-11-6-5-9(17)12(18)13(11)19)25-16-21-10-4-2-3-8(10)15(24)22-16/h5-7H,2-4H2,1H3,(H,20,23)(H,21,22,24). The van der Waals surface area contributed by atoms with Crippen LogP contribution in [0.2, 0.25) is 0 Å². The van der Waals surface area contributed by atoms with Crippen molar-refractivity contribution in [2.24, 2.45) is 0 Å². The summed E-state index contributed by atoms with van der Waals surface area (Å²) in [5, 5.41) is 1.75. The zero-order chi connectivity index (χ0) is 18.1. The lowest BCUT2D eigenvalue weighted by atomic mass is 10.2. The third-order valence-electron chi connectivity index (χ3n) is 3.87. The van der Waals surface area contributed by atoms with Crippen molar-refractivity contribution in [2.75, 3.05) is 5.32 Å². The molecule has 0 aliphatic heterocycles. The Hall–Kier alpha value is -2.29. The van der Waals surface area contributed by atoms with Crippen molar-refractivity contribution < 1.29 is 18.0 Å². The Kier molecular flexibility index (Phi) is 4.85. The number of hydrogen-bond acceptors (Lipinski definition) is 4. The lowest BCUT2D eigenvalue weighted by molar-refractivity contribution is -0.115. The van der Waals surface area contributed by atoms with Gasteiger partial charge >= 0.3 is 0 Å². The summed E-state index contributed by atoms with van der Waals surface area (Å²) in [6.45, 7) is 1.53. The number of halogens is 3. The molecule has 9 heteroatoms. The van der Waals surface area contributed by atoms with Crippen molar-refractivity contribution in [1.82, 2.24) is 9.97 Å². The molecule has 1 aromatic heterocycles. The van der Waals surface area contributed by atoms with Crippen molar-refractivity contribution in [3.63, 3.8) is 0 Å². The first-order valence-electron chi connectivity index (χ1n) is 7.60. The zero-order valence-electron chi connectivity index (χ0n) is 13.2. The van der Waals surface area contributed by atoms with Gasteiger partial charge in [0, 0.05) is 5.56 Å². The van der Waals surface area contributed by atoms with E-state index < -0.39 is 34.3 Å². The highest BCUT2D eigenvalue weighted by molar-refractivity contribution is 8.00. The number of amides is 1. The lowest BCUT2D eigenvalue weighted by Crippen LogP contribution is -2.24. The maximum absolute atomic E-state index is 13.6. The predicted molar refractivity (Wildman–Crippen MR) is 87.1 cm³/mol. The first-order chi connectivity index (χ1) is 11.9. The van der Waals surface area contributed by atoms with Gasteiger partial charge in [-0.25, -0.2) is 18.2 Å². The molecule has 25 heavy (non-hydrogen) atoms. The van der Waals surface area contributed by atoms with Crippen LogP contribution in [0.1, 0.15) is 24.6 Å². The van der Waals surface area contributed by atoms with Gasteiger partial charge < -0.3 is 10.3 Å². The van der Waals surface area contributed by atoms with E-state index in [0.29, 0.717) is 23.6 Å². The number of nitrogens with zero attached hydrogens (tertiary/aromatic N) is 1. The summed E-state index contributed by atoms with van der Waals surface area (Å²) in [5.74, 6) is -5.08. The van der Waals surface area contributed by atoms with Crippen molar-refractivity contribution in [1.29, 1.82) is 0 Å². The Morgan fingerprint density at radius 2 is 2.04 bits per heavy atom. The molecule has 0 radical (unpaired) electrons. The van der Waals surface area contributed by atoms with E-state index in [4.69, 9.17) is 0 Å². The van der Waals surface area contributed by atoms with E-state index in [2.05, 4.69) is 15.3 Å². The second-order valence-corrected chi connectivity index (χ2v) is 6.95. The largest absolute Gasteiger partial charge is 0.323 e. The summed E-state index contributed by atoms with van der Waals surface area (Å²) < 4.78 is 39.7. The fourth-order valence-electron chi connectivity index (χ4n) is 2.55. The third kappa shape index (κ3) is 3.55. The maximum atomic E-state index is 13.6. The molecule has 1 unspecified atom stereocenters. The van der Waals surface area contributed by atoms with E-state index in [1.807, 2.05) is 0 Å². The molecule has 0 spiro atoms. The van der Waals surface area contributed by atoms with Gasteiger partial charge in [-0.05, 0) is 38.3 Å². The number of carbonyl (C=O) groups excluding carboxylic acids is 1. The van der Waals surface area contributed by atoms with Gasteiger partial charge in [-0.3, -0.25) is 9.59 Å². The number of aryl methyl sites for hydroxylation is 1. The highest BCUT2D eigenvalue weighted by Crippen LogP contribution is 2.25. The second-order valence-electron chi connectivity index (χ2n) is 5.62. The van der Waals surface area contributed by atoms with Crippen molar-refractivity contribution in [2.45, 2.75) is 36.6 Å². The first-order valence-corrected chi connectivity index (χ1v) is 8.48. The lowest BCUT2D eigenvalue weighted by Gasteiger charge is -2.12. The first kappa shape index (κ1) is 17.5. The van der Waals surface area contributed by atoms with Crippen LogP contribution in [0.5, 0.6) is 0 Å². The van der Waals surface area contributed by atoms with Gasteiger partial charge in [0.1, 0.15) is 0 Å². The number of rotatable bonds is 4. The quantitative estimate of drug-likeness (QED) is 0.494. The summed E-state index contributed by atoms with van der Waals surface area (Å²) in [7, 11) is 0. The number of fused-ring (bicyclic) bond motifs is 1. The molecule has 2 N–H and O–H groups in total. The minimum atomic E-state index is -1.65. The number of aromatic amines is 1. The van der Waals surface area contributed by atoms with Crippen LogP contribution in [0.15, 0.2) is 22.1 Å². The van der Waals surface area contributed by atoms with Crippen LogP contribution in [0.3, 0.4) is 0 Å². The van der Waals surface area contributed by atoms with Crippen LogP contribution < -0.4 is 10.9 Å². The highest BCUT2D eigenvalue weighted by atomic mass is 32.2. The molecule has 0 bridgehead atoms. The number of benzene rings is 1. The molecule has 1 amide bonds. The molecule has 1 aliphatic rings. The molecule has 0 fully saturated rings. The Labute approximate surface area is 145 Å². The van der Waals surface area contributed by atoms with Crippen LogP contribution in [0, 0.1) is 17.5 Å². The van der Waals surface area contributed by atoms with Crippen molar-refractivity contribution in [3.05, 3.63) is 51.2 Å². The molecule has 1 aliphatic carbocycles. The highest BCUT2D eigenvalue weighted by Gasteiger charge is 2.22. The molecule has 1 aromatic carbocycles. The third-order valence-corrected chi connectivity index (χ3v) is 4.85. The Balaban J connectivity index is 1.73. The normalized spacial score (nSPS) is 14.2. The number of H-pyrrole nitrogens is 1. The molecule has 2 aromatic rings. The molecule has 0 saturated heterocycles. The summed E-state index contributed by atoms with van der Waals surface area (Å²) in [4.78, 5) is 31.0. The van der Waals surface area contributed by atoms with Crippen LogP contribution in [-0.2, 0) is 17.6 Å². The Morgan fingerprint density at radius 1 is 1.28 bits per heavy atom. The van der Waals surface area contributed by atoms with E-state index in [0.717, 1.165) is 36.0 Å². The fraction of sp³-hybridized carbons (Fsp3) is 0.312. The minimum absolute atomic E-state index is 0.218. The molecular formula is C16H14F3N3O2S. The number of carbonyl (C=O) groups is 1. The van der Waals surface area contributed by atoms with E-state index >= 15 is 0 Å². The number of nitrogens with one attached hydrogen (secondary N) is 2. The van der Waals surface area contributed by atoms with Gasteiger partial charge in [-0.2, -0.15) is 0 Å². The van der Waals surface area contributed by atoms with Gasteiger partial charge in [-0.1, -0.05) is 11.8 Å². The van der Waals surface area contributed by atoms with Gasteiger partial charge in [0.2, 0.25) is 5.91 Å². The van der Waals surface area contributed by atoms with Crippen molar-refractivity contribution in [3.8, 4) is 0 Å². The van der Waals surface area contributed by atoms with Crippen LogP contribution in [0.4, 0.5) is 18.9 Å². The molecule has 1 heterocycles. The number of hydrogen-bond donors (Lipinski definition) is 2. The summed E-state index contributed by atoms with van der Waals surface area (Å²) in [6.07, 6.45) is 2.27. The van der Waals surface area contributed by atoms with E-state index in [-0.39, 0.29) is 5.56 Å². The van der Waals surface area contributed by atoms with Crippen LogP contribution >= 0.6 is 11.8 Å². The van der Waals surface area contributed by atoms with Gasteiger partial charge in [0.15, 0.2) is 22.6 Å². The molecule has 132 valence electrons. The number of aromatic nitrogens is 2. The summed E-state index contributed by atoms with van der Waals surface area (Å²) >= 11 is 0.995. The molecule has 3 rings (SSSR count). The monoisotopic (exact) mass is 369 g/mol. The zero-order valence-corrected chi connectivity index (χ0v) is 14.0. The topological polar surface area (TPSA) is 74.8 Å². The second kappa shape index (κ2) is 6.91. The van der Waals surface area contributed by atoms with Crippen LogP contribution in [0.25, 0.3) is 0 Å². The van der Waals surface area contributed by atoms with Crippen LogP contribution in [-0.4, -0.2) is 21.1 Å². The Bertz CT molecular complexity index is 901. The average molecular weight is 369 g/mol. The number of anilines is 1. The fourth-order valence-corrected chi connectivity index (χ4v) is 3.37. The molecule has 5 nitrogen and oxygen atoms in total. The predicted octanol–water partition coefficient (Wildman–Crippen LogP) is 2.80. The van der Waals surface area contributed by atoms with E-state index in [1.54, 1.807) is 0 Å². The molecule has 0 saturated carbocycles. The van der Waals surface area contributed by atoms with Gasteiger partial charge in [-0.15, -0.1) is 0 Å². The van der Waals surface area contributed by atoms with Gasteiger partial charge in [0.25, 0.3) is 5.56 Å². The minimum Gasteiger partial charge on any atom is -0.323 e. The van der Waals surface area contributed by atoms with Crippen molar-refractivity contribution >= 4 is 23.4 Å². The Morgan fingerprint density at radius 3 is 2.80 bits per heavy atom.